The number of carbonyl (C=O) groups is 1. The van der Waals surface area contributed by atoms with E-state index in [0.717, 1.165) is 12.1 Å². The zero-order valence-corrected chi connectivity index (χ0v) is 18.6. The first-order chi connectivity index (χ1) is 15.2. The highest BCUT2D eigenvalue weighted by Crippen LogP contribution is 2.32. The summed E-state index contributed by atoms with van der Waals surface area (Å²) in [5, 5.41) is 32.4. The maximum atomic E-state index is 11.6. The second-order valence-electron chi connectivity index (χ2n) is 6.93. The minimum absolute atomic E-state index is 0.241. The monoisotopic (exact) mass is 513 g/mol. The van der Waals surface area contributed by atoms with Gasteiger partial charge in [0.25, 0.3) is 10.1 Å². The third-order valence-corrected chi connectivity index (χ3v) is 5.52. The summed E-state index contributed by atoms with van der Waals surface area (Å²) in [5.74, 6) is -2.04. The molecule has 0 spiro atoms. The first-order valence-electron chi connectivity index (χ1n) is 9.24. The molecule has 0 unspecified atom stereocenters. The minimum atomic E-state index is -5.06. The van der Waals surface area contributed by atoms with Gasteiger partial charge >= 0.3 is 10.4 Å². The van der Waals surface area contributed by atoms with Crippen LogP contribution in [-0.2, 0) is 34.2 Å². The predicted octanol–water partition coefficient (Wildman–Crippen LogP) is -1.56. The molecule has 1 amide bonds. The third kappa shape index (κ3) is 8.52. The Labute approximate surface area is 189 Å². The van der Waals surface area contributed by atoms with E-state index in [2.05, 4.69) is 9.50 Å². The lowest BCUT2D eigenvalue weighted by Gasteiger charge is -2.40. The van der Waals surface area contributed by atoms with Crippen LogP contribution in [0.15, 0.2) is 24.3 Å². The van der Waals surface area contributed by atoms with Gasteiger partial charge in [0.1, 0.15) is 12.2 Å². The van der Waals surface area contributed by atoms with Gasteiger partial charge in [0, 0.05) is 12.6 Å². The Hall–Kier alpha value is -2.31. The van der Waals surface area contributed by atoms with E-state index in [-0.39, 0.29) is 12.3 Å². The quantitative estimate of drug-likeness (QED) is 0.162. The highest BCUT2D eigenvalue weighted by molar-refractivity contribution is 7.85. The first kappa shape index (κ1) is 26.9. The number of rotatable bonds is 9. The van der Waals surface area contributed by atoms with Gasteiger partial charge in [-0.15, -0.1) is 0 Å². The molecule has 1 aromatic rings. The SMILES string of the molecule is C[C@H]1O[C@@H](Oc2ccc(/C=C/C(=O)NCCS(=O)(=O)O)cc2O)[C@H](OS(=O)(=O)O)[C@@H](O)[C@H]1O. The van der Waals surface area contributed by atoms with Crippen molar-refractivity contribution in [3.8, 4) is 11.5 Å². The molecular weight excluding hydrogens is 490 g/mol. The Morgan fingerprint density at radius 3 is 2.42 bits per heavy atom. The van der Waals surface area contributed by atoms with Gasteiger partial charge in [0.05, 0.1) is 11.9 Å². The van der Waals surface area contributed by atoms with E-state index in [1.54, 1.807) is 0 Å². The van der Waals surface area contributed by atoms with E-state index < -0.39 is 68.6 Å². The molecule has 1 aromatic carbocycles. The Morgan fingerprint density at radius 2 is 1.85 bits per heavy atom. The fraction of sp³-hybridized carbons (Fsp3) is 0.471. The molecule has 0 radical (unpaired) electrons. The van der Waals surface area contributed by atoms with Gasteiger partial charge in [-0.25, -0.2) is 4.18 Å². The number of aromatic hydroxyl groups is 1. The van der Waals surface area contributed by atoms with Crippen molar-refractivity contribution in [1.29, 1.82) is 0 Å². The lowest BCUT2D eigenvalue weighted by atomic mass is 10.00. The van der Waals surface area contributed by atoms with Crippen molar-refractivity contribution in [1.82, 2.24) is 5.32 Å². The third-order valence-electron chi connectivity index (χ3n) is 4.33. The van der Waals surface area contributed by atoms with Crippen LogP contribution in [0.5, 0.6) is 11.5 Å². The highest BCUT2D eigenvalue weighted by Gasteiger charge is 2.47. The van der Waals surface area contributed by atoms with Crippen LogP contribution in [0.25, 0.3) is 6.08 Å². The molecule has 1 heterocycles. The van der Waals surface area contributed by atoms with Gasteiger partial charge in [-0.3, -0.25) is 13.9 Å². The number of hydrogen-bond acceptors (Lipinski definition) is 11. The van der Waals surface area contributed by atoms with Crippen LogP contribution < -0.4 is 10.1 Å². The summed E-state index contributed by atoms with van der Waals surface area (Å²) < 4.78 is 75.9. The molecule has 0 aromatic heterocycles. The van der Waals surface area contributed by atoms with Gasteiger partial charge < -0.3 is 30.1 Å². The number of ether oxygens (including phenoxy) is 2. The number of phenolic OH excluding ortho intramolecular Hbond substituents is 1. The Morgan fingerprint density at radius 1 is 1.18 bits per heavy atom. The molecule has 1 saturated heterocycles. The molecule has 5 atom stereocenters. The van der Waals surface area contributed by atoms with E-state index in [1.165, 1.54) is 25.1 Å². The number of benzene rings is 1. The summed E-state index contributed by atoms with van der Waals surface area (Å²) in [6.07, 6.45) is -5.59. The van der Waals surface area contributed by atoms with Gasteiger partial charge in [-0.2, -0.15) is 16.8 Å². The maximum absolute atomic E-state index is 11.6. The van der Waals surface area contributed by atoms with Crippen molar-refractivity contribution in [3.05, 3.63) is 29.8 Å². The number of aliphatic hydroxyl groups excluding tert-OH is 2. The number of nitrogens with one attached hydrogen (secondary N) is 1. The van der Waals surface area contributed by atoms with Crippen LogP contribution in [0, 0.1) is 0 Å². The van der Waals surface area contributed by atoms with Crippen LogP contribution in [-0.4, -0.2) is 90.2 Å². The average Bonchev–Trinajstić information content (AvgIpc) is 2.67. The molecule has 16 heteroatoms. The van der Waals surface area contributed by atoms with Crippen molar-refractivity contribution in [2.45, 2.75) is 37.6 Å². The number of phenols is 1. The normalized spacial score (nSPS) is 26.3. The molecule has 6 N–H and O–H groups in total. The second kappa shape index (κ2) is 10.7. The van der Waals surface area contributed by atoms with Crippen LogP contribution in [0.2, 0.25) is 0 Å². The molecule has 186 valence electrons. The van der Waals surface area contributed by atoms with Crippen molar-refractivity contribution in [2.24, 2.45) is 0 Å². The van der Waals surface area contributed by atoms with Crippen LogP contribution in [0.3, 0.4) is 0 Å². The minimum Gasteiger partial charge on any atom is -0.504 e. The van der Waals surface area contributed by atoms with Crippen LogP contribution >= 0.6 is 0 Å². The standard InChI is InChI=1S/C17H23NO13S2/c1-9-14(21)15(22)16(31-33(26,27)28)17(29-9)30-12-4-2-10(8-11(12)19)3-5-13(20)18-6-7-32(23,24)25/h2-5,8-9,14-17,19,21-22H,6-7H2,1H3,(H,18,20)(H,23,24,25)(H,26,27,28)/b5-3+/t9-,14+,15+,16-,17+/m1/s1. The summed E-state index contributed by atoms with van der Waals surface area (Å²) in [5.41, 5.74) is 0.309. The molecule has 0 bridgehead atoms. The van der Waals surface area contributed by atoms with Gasteiger partial charge in [0.15, 0.2) is 17.6 Å². The molecule has 14 nitrogen and oxygen atoms in total. The first-order valence-corrected chi connectivity index (χ1v) is 12.2. The fourth-order valence-electron chi connectivity index (χ4n) is 2.74. The van der Waals surface area contributed by atoms with Crippen molar-refractivity contribution in [2.75, 3.05) is 12.3 Å². The van der Waals surface area contributed by atoms with E-state index in [4.69, 9.17) is 18.6 Å². The van der Waals surface area contributed by atoms with Crippen LogP contribution in [0.4, 0.5) is 0 Å². The summed E-state index contributed by atoms with van der Waals surface area (Å²) in [6, 6.07) is 3.77. The summed E-state index contributed by atoms with van der Waals surface area (Å²) in [4.78, 5) is 11.6. The summed E-state index contributed by atoms with van der Waals surface area (Å²) in [6.45, 7) is 1.05. The van der Waals surface area contributed by atoms with Gasteiger partial charge in [-0.05, 0) is 30.7 Å². The Bertz CT molecular complexity index is 1090. The molecule has 33 heavy (non-hydrogen) atoms. The topological polar surface area (TPSA) is 226 Å². The summed E-state index contributed by atoms with van der Waals surface area (Å²) >= 11 is 0. The van der Waals surface area contributed by atoms with Crippen LogP contribution in [0.1, 0.15) is 12.5 Å². The lowest BCUT2D eigenvalue weighted by Crippen LogP contribution is -2.59. The average molecular weight is 513 g/mol. The lowest BCUT2D eigenvalue weighted by molar-refractivity contribution is -0.262. The molecule has 0 aliphatic carbocycles. The zero-order chi connectivity index (χ0) is 25.0. The smallest absolute Gasteiger partial charge is 0.397 e. The Balaban J connectivity index is 2.09. The van der Waals surface area contributed by atoms with Crippen molar-refractivity contribution >= 4 is 32.5 Å². The van der Waals surface area contributed by atoms with Crippen molar-refractivity contribution < 1.29 is 59.7 Å². The number of carbonyl (C=O) groups excluding carboxylic acids is 1. The van der Waals surface area contributed by atoms with E-state index in [1.807, 2.05) is 0 Å². The molecule has 1 aliphatic heterocycles. The largest absolute Gasteiger partial charge is 0.504 e. The molecule has 1 aliphatic rings. The predicted molar refractivity (Wildman–Crippen MR) is 110 cm³/mol. The van der Waals surface area contributed by atoms with E-state index >= 15 is 0 Å². The van der Waals surface area contributed by atoms with Gasteiger partial charge in [0.2, 0.25) is 12.2 Å². The van der Waals surface area contributed by atoms with E-state index in [9.17, 15) is 36.9 Å². The Kier molecular flexibility index (Phi) is 8.77. The van der Waals surface area contributed by atoms with E-state index in [0.29, 0.717) is 5.56 Å². The second-order valence-corrected chi connectivity index (χ2v) is 9.55. The number of hydrogen-bond donors (Lipinski definition) is 6. The molecule has 2 rings (SSSR count). The molecule has 0 saturated carbocycles. The molecular formula is C17H23NO13S2. The summed E-state index contributed by atoms with van der Waals surface area (Å²) in [7, 11) is -9.27. The van der Waals surface area contributed by atoms with Gasteiger partial charge in [-0.1, -0.05) is 6.07 Å². The highest BCUT2D eigenvalue weighted by atomic mass is 32.3. The van der Waals surface area contributed by atoms with Crippen molar-refractivity contribution in [3.63, 3.8) is 0 Å². The fourth-order valence-corrected chi connectivity index (χ4v) is 3.58. The molecule has 1 fully saturated rings. The zero-order valence-electron chi connectivity index (χ0n) is 17.0. The number of amides is 1. The number of aliphatic hydroxyl groups is 2. The maximum Gasteiger partial charge on any atom is 0.397 e.